The fourth-order valence-corrected chi connectivity index (χ4v) is 2.43. The van der Waals surface area contributed by atoms with E-state index >= 15 is 0 Å². The van der Waals surface area contributed by atoms with Crippen molar-refractivity contribution in [3.63, 3.8) is 0 Å². The Morgan fingerprint density at radius 1 is 0.667 bits per heavy atom. The van der Waals surface area contributed by atoms with E-state index in [9.17, 15) is 0 Å². The Kier molecular flexibility index (Phi) is 10.6. The molecule has 0 saturated carbocycles. The zero-order chi connectivity index (χ0) is 15.4. The smallest absolute Gasteiger partial charge is 0.0702 e. The SMILES string of the molecule is C.C.C.Cc1cc(C)c(C)c(C)c1.Cc1cnc2ccccc2c1. The largest absolute Gasteiger partial charge is 0.256 e. The number of nitrogens with zero attached hydrogens (tertiary/aromatic N) is 1. The van der Waals surface area contributed by atoms with Gasteiger partial charge in [0.05, 0.1) is 5.52 Å². The van der Waals surface area contributed by atoms with Crippen molar-refractivity contribution in [3.8, 4) is 0 Å². The highest BCUT2D eigenvalue weighted by molar-refractivity contribution is 5.78. The van der Waals surface area contributed by atoms with Crippen LogP contribution in [-0.4, -0.2) is 4.98 Å². The van der Waals surface area contributed by atoms with Gasteiger partial charge in [0, 0.05) is 11.6 Å². The van der Waals surface area contributed by atoms with Gasteiger partial charge in [-0.05, 0) is 69.0 Å². The second-order valence-electron chi connectivity index (χ2n) is 5.73. The van der Waals surface area contributed by atoms with Gasteiger partial charge in [-0.3, -0.25) is 4.98 Å². The molecule has 0 atom stereocenters. The quantitative estimate of drug-likeness (QED) is 0.420. The summed E-state index contributed by atoms with van der Waals surface area (Å²) in [6, 6.07) is 14.7. The van der Waals surface area contributed by atoms with Crippen LogP contribution in [0.1, 0.15) is 50.1 Å². The van der Waals surface area contributed by atoms with Crippen molar-refractivity contribution in [1.82, 2.24) is 4.98 Å². The Morgan fingerprint density at radius 3 is 1.79 bits per heavy atom. The minimum Gasteiger partial charge on any atom is -0.256 e. The van der Waals surface area contributed by atoms with E-state index in [4.69, 9.17) is 0 Å². The number of aromatic nitrogens is 1. The van der Waals surface area contributed by atoms with E-state index in [0.29, 0.717) is 0 Å². The fourth-order valence-electron chi connectivity index (χ4n) is 2.43. The lowest BCUT2D eigenvalue weighted by atomic mass is 10.0. The minimum atomic E-state index is 0. The van der Waals surface area contributed by atoms with E-state index in [0.717, 1.165) is 5.52 Å². The Balaban J connectivity index is 0. The van der Waals surface area contributed by atoms with Crippen LogP contribution in [-0.2, 0) is 0 Å². The minimum absolute atomic E-state index is 0. The molecule has 0 fully saturated rings. The molecule has 0 bridgehead atoms. The van der Waals surface area contributed by atoms with Gasteiger partial charge in [-0.15, -0.1) is 0 Å². The van der Waals surface area contributed by atoms with Gasteiger partial charge in [-0.2, -0.15) is 0 Å². The maximum atomic E-state index is 4.28. The van der Waals surface area contributed by atoms with E-state index in [1.807, 2.05) is 24.4 Å². The second kappa shape index (κ2) is 10.6. The molecule has 24 heavy (non-hydrogen) atoms. The van der Waals surface area contributed by atoms with E-state index in [1.54, 1.807) is 0 Å². The normalized spacial score (nSPS) is 8.88. The van der Waals surface area contributed by atoms with Gasteiger partial charge in [0.15, 0.2) is 0 Å². The number of benzene rings is 2. The molecule has 3 aromatic rings. The zero-order valence-electron chi connectivity index (χ0n) is 13.6. The number of pyridine rings is 1. The molecule has 0 aliphatic carbocycles. The van der Waals surface area contributed by atoms with Crippen LogP contribution in [0.3, 0.4) is 0 Å². The third kappa shape index (κ3) is 6.16. The Morgan fingerprint density at radius 2 is 1.21 bits per heavy atom. The number of para-hydroxylation sites is 1. The monoisotopic (exact) mass is 325 g/mol. The van der Waals surface area contributed by atoms with Crippen LogP contribution in [0.4, 0.5) is 0 Å². The highest BCUT2D eigenvalue weighted by atomic mass is 14.6. The molecule has 2 aromatic carbocycles. The van der Waals surface area contributed by atoms with Gasteiger partial charge >= 0.3 is 0 Å². The van der Waals surface area contributed by atoms with Gasteiger partial charge < -0.3 is 0 Å². The van der Waals surface area contributed by atoms with Crippen molar-refractivity contribution in [3.05, 3.63) is 76.5 Å². The van der Waals surface area contributed by atoms with Crippen molar-refractivity contribution in [2.24, 2.45) is 0 Å². The van der Waals surface area contributed by atoms with Crippen LogP contribution in [0, 0.1) is 34.6 Å². The standard InChI is InChI=1S/C10H9N.C10H14.3CH4/c1-8-6-9-4-2-3-5-10(9)11-7-8;1-7-5-8(2)10(4)9(3)6-7;;;/h2-7H,1H3;5-6H,1-4H3;3*1H4. The molecule has 1 nitrogen and oxygen atoms in total. The molecular weight excluding hydrogens is 290 g/mol. The van der Waals surface area contributed by atoms with Crippen molar-refractivity contribution in [1.29, 1.82) is 0 Å². The van der Waals surface area contributed by atoms with Gasteiger partial charge in [-0.1, -0.05) is 58.2 Å². The third-order valence-corrected chi connectivity index (χ3v) is 3.80. The average molecular weight is 326 g/mol. The predicted octanol–water partition coefficient (Wildman–Crippen LogP) is 7.37. The lowest BCUT2D eigenvalue weighted by molar-refractivity contribution is 1.23. The van der Waals surface area contributed by atoms with Crippen LogP contribution < -0.4 is 0 Å². The third-order valence-electron chi connectivity index (χ3n) is 3.80. The highest BCUT2D eigenvalue weighted by Gasteiger charge is 1.96. The summed E-state index contributed by atoms with van der Waals surface area (Å²) in [5, 5.41) is 1.22. The molecular formula is C23H35N. The average Bonchev–Trinajstić information content (AvgIpc) is 2.45. The number of hydrogen-bond donors (Lipinski definition) is 0. The number of aryl methyl sites for hydroxylation is 4. The summed E-state index contributed by atoms with van der Waals surface area (Å²) < 4.78 is 0. The molecule has 1 aromatic heterocycles. The van der Waals surface area contributed by atoms with Gasteiger partial charge in [0.25, 0.3) is 0 Å². The molecule has 0 amide bonds. The van der Waals surface area contributed by atoms with Crippen molar-refractivity contribution >= 4 is 10.9 Å². The summed E-state index contributed by atoms with van der Waals surface area (Å²) in [4.78, 5) is 4.28. The fraction of sp³-hybridized carbons (Fsp3) is 0.348. The van der Waals surface area contributed by atoms with Crippen molar-refractivity contribution in [2.75, 3.05) is 0 Å². The van der Waals surface area contributed by atoms with Crippen LogP contribution in [0.15, 0.2) is 48.7 Å². The van der Waals surface area contributed by atoms with Crippen LogP contribution in [0.25, 0.3) is 10.9 Å². The van der Waals surface area contributed by atoms with Crippen LogP contribution in [0.2, 0.25) is 0 Å². The number of rotatable bonds is 0. The molecule has 0 aliphatic rings. The Bertz CT molecular complexity index is 734. The predicted molar refractivity (Wildman–Crippen MR) is 112 cm³/mol. The lowest BCUT2D eigenvalue weighted by Gasteiger charge is -2.04. The summed E-state index contributed by atoms with van der Waals surface area (Å²) >= 11 is 0. The number of hydrogen-bond acceptors (Lipinski definition) is 1. The molecule has 1 heteroatoms. The molecule has 0 aliphatic heterocycles. The first kappa shape index (κ1) is 24.1. The molecule has 0 N–H and O–H groups in total. The topological polar surface area (TPSA) is 12.9 Å². The molecule has 3 rings (SSSR count). The van der Waals surface area contributed by atoms with Crippen LogP contribution in [0.5, 0.6) is 0 Å². The second-order valence-corrected chi connectivity index (χ2v) is 5.73. The van der Waals surface area contributed by atoms with Gasteiger partial charge in [0.2, 0.25) is 0 Å². The lowest BCUT2D eigenvalue weighted by Crippen LogP contribution is -1.86. The summed E-state index contributed by atoms with van der Waals surface area (Å²) in [6.07, 6.45) is 1.89. The number of fused-ring (bicyclic) bond motifs is 1. The van der Waals surface area contributed by atoms with Crippen LogP contribution >= 0.6 is 0 Å². The summed E-state index contributed by atoms with van der Waals surface area (Å²) in [7, 11) is 0. The van der Waals surface area contributed by atoms with Gasteiger partial charge in [0.1, 0.15) is 0 Å². The maximum Gasteiger partial charge on any atom is 0.0702 e. The Labute approximate surface area is 149 Å². The molecule has 0 spiro atoms. The van der Waals surface area contributed by atoms with E-state index in [-0.39, 0.29) is 22.3 Å². The summed E-state index contributed by atoms with van der Waals surface area (Å²) in [5.74, 6) is 0. The highest BCUT2D eigenvalue weighted by Crippen LogP contribution is 2.14. The van der Waals surface area contributed by atoms with Gasteiger partial charge in [-0.25, -0.2) is 0 Å². The van der Waals surface area contributed by atoms with E-state index in [1.165, 1.54) is 33.2 Å². The molecule has 0 unspecified atom stereocenters. The van der Waals surface area contributed by atoms with E-state index in [2.05, 4.69) is 63.9 Å². The first-order valence-electron chi connectivity index (χ1n) is 7.33. The maximum absolute atomic E-state index is 4.28. The Hall–Kier alpha value is -2.15. The van der Waals surface area contributed by atoms with Crippen molar-refractivity contribution in [2.45, 2.75) is 56.9 Å². The first-order valence-corrected chi connectivity index (χ1v) is 7.33. The zero-order valence-corrected chi connectivity index (χ0v) is 13.6. The van der Waals surface area contributed by atoms with Crippen molar-refractivity contribution < 1.29 is 0 Å². The summed E-state index contributed by atoms with van der Waals surface area (Å²) in [5.41, 5.74) is 7.86. The molecule has 0 radical (unpaired) electrons. The first-order chi connectivity index (χ1) is 9.97. The molecule has 0 saturated heterocycles. The summed E-state index contributed by atoms with van der Waals surface area (Å²) in [6.45, 7) is 10.7. The van der Waals surface area contributed by atoms with E-state index < -0.39 is 0 Å². The molecule has 132 valence electrons. The molecule has 1 heterocycles.